The van der Waals surface area contributed by atoms with Crippen LogP contribution in [0.25, 0.3) is 0 Å². The Kier molecular flexibility index (Phi) is 11.0. The van der Waals surface area contributed by atoms with Crippen molar-refractivity contribution in [1.29, 1.82) is 0 Å². The van der Waals surface area contributed by atoms with E-state index in [0.29, 0.717) is 18.4 Å². The first-order chi connectivity index (χ1) is 23.8. The zero-order chi connectivity index (χ0) is 37.5. The van der Waals surface area contributed by atoms with Crippen molar-refractivity contribution in [3.63, 3.8) is 0 Å². The molecule has 1 aliphatic carbocycles. The summed E-state index contributed by atoms with van der Waals surface area (Å²) in [5.74, 6) is -2.69. The minimum atomic E-state index is -6.20. The number of hydrogen-bond acceptors (Lipinski definition) is 12. The predicted molar refractivity (Wildman–Crippen MR) is 156 cm³/mol. The summed E-state index contributed by atoms with van der Waals surface area (Å²) in [7, 11) is 1.24. The molecule has 280 valence electrons. The third kappa shape index (κ3) is 8.12. The topological polar surface area (TPSA) is 173 Å². The van der Waals surface area contributed by atoms with E-state index in [9.17, 15) is 60.3 Å². The lowest BCUT2D eigenvalue weighted by atomic mass is 9.91. The van der Waals surface area contributed by atoms with Crippen molar-refractivity contribution in [2.45, 2.75) is 86.6 Å². The molecule has 6 atom stereocenters. The maximum atomic E-state index is 13.7. The van der Waals surface area contributed by atoms with Crippen LogP contribution in [-0.2, 0) is 21.6 Å². The zero-order valence-electron chi connectivity index (χ0n) is 25.9. The monoisotopic (exact) mass is 759 g/mol. The van der Waals surface area contributed by atoms with Gasteiger partial charge in [0.15, 0.2) is 17.6 Å². The van der Waals surface area contributed by atoms with Crippen LogP contribution in [0.3, 0.4) is 0 Å². The molecule has 1 aromatic carbocycles. The third-order valence-electron chi connectivity index (χ3n) is 7.95. The fraction of sp³-hybridized carbons (Fsp3) is 0.500. The molecule has 0 spiro atoms. The fourth-order valence-electron chi connectivity index (χ4n) is 5.05. The normalized spacial score (nSPS) is 23.5. The van der Waals surface area contributed by atoms with Crippen LogP contribution in [0.1, 0.15) is 39.8 Å². The van der Waals surface area contributed by atoms with Crippen molar-refractivity contribution in [3.8, 4) is 17.4 Å². The van der Waals surface area contributed by atoms with E-state index in [1.54, 1.807) is 0 Å². The summed E-state index contributed by atoms with van der Waals surface area (Å²) in [4.78, 5) is 19.2. The van der Waals surface area contributed by atoms with Gasteiger partial charge in [-0.05, 0) is 42.5 Å². The lowest BCUT2D eigenvalue weighted by Gasteiger charge is -2.39. The van der Waals surface area contributed by atoms with Crippen LogP contribution in [0.4, 0.5) is 35.1 Å². The average molecular weight is 760 g/mol. The number of aromatic nitrogens is 2. The first kappa shape index (κ1) is 38.3. The van der Waals surface area contributed by atoms with Gasteiger partial charge in [-0.1, -0.05) is 12.1 Å². The fourth-order valence-corrected chi connectivity index (χ4v) is 6.23. The summed E-state index contributed by atoms with van der Waals surface area (Å²) in [6.45, 7) is -3.24. The summed E-state index contributed by atoms with van der Waals surface area (Å²) in [5.41, 5.74) is -4.82. The van der Waals surface area contributed by atoms with Gasteiger partial charge in [0.1, 0.15) is 23.3 Å². The van der Waals surface area contributed by atoms with Gasteiger partial charge in [-0.2, -0.15) is 35.1 Å². The number of hydrogen-bond donors (Lipinski definition) is 5. The van der Waals surface area contributed by atoms with Gasteiger partial charge in [-0.15, -0.1) is 11.3 Å². The Bertz CT molecular complexity index is 1660. The number of ether oxygens (including phenoxy) is 4. The van der Waals surface area contributed by atoms with E-state index in [4.69, 9.17) is 14.2 Å². The summed E-state index contributed by atoms with van der Waals surface area (Å²) in [6, 6.07) is 6.25. The van der Waals surface area contributed by atoms with E-state index in [0.717, 1.165) is 12.3 Å². The molecule has 21 heteroatoms. The van der Waals surface area contributed by atoms with Crippen LogP contribution in [0.5, 0.6) is 17.4 Å². The molecule has 1 saturated heterocycles. The van der Waals surface area contributed by atoms with Crippen LogP contribution in [0, 0.1) is 0 Å². The number of benzene rings is 1. The minimum Gasteiger partial charge on any atom is -0.487 e. The largest absolute Gasteiger partial charge is 0.487 e. The quantitative estimate of drug-likeness (QED) is 0.172. The second-order valence-corrected chi connectivity index (χ2v) is 12.6. The molecule has 1 aliphatic heterocycles. The molecule has 3 aromatic rings. The summed E-state index contributed by atoms with van der Waals surface area (Å²) < 4.78 is 129. The molecule has 5 rings (SSSR count). The molecule has 5 N–H and O–H groups in total. The number of pyridine rings is 1. The van der Waals surface area contributed by atoms with Gasteiger partial charge >= 0.3 is 24.6 Å². The molecular weight excluding hydrogens is 730 g/mol. The number of aliphatic hydroxyl groups is 4. The van der Waals surface area contributed by atoms with Gasteiger partial charge in [0, 0.05) is 36.3 Å². The SMILES string of the molecule is CNC(=O)[C@H]1O[C@@H](Oc2ccc(CC(c3ccc(OC(F)F)c(OC4CC4)c3)c3cnc(C(O)(C(F)(F)F)C(F)(F)F)s3)cn2)[C@H](O)[C@@H](O)[C@@H]1O. The number of nitrogens with one attached hydrogen (secondary N) is 1. The van der Waals surface area contributed by atoms with Gasteiger partial charge in [0.2, 0.25) is 12.2 Å². The molecule has 1 unspecified atom stereocenters. The lowest BCUT2D eigenvalue weighted by Crippen LogP contribution is -2.62. The number of alkyl halides is 8. The summed E-state index contributed by atoms with van der Waals surface area (Å²) in [6.07, 6.45) is -18.6. The number of thiazole rings is 1. The number of nitrogens with zero attached hydrogens (tertiary/aromatic N) is 2. The Morgan fingerprint density at radius 1 is 0.961 bits per heavy atom. The van der Waals surface area contributed by atoms with E-state index >= 15 is 0 Å². The first-order valence-electron chi connectivity index (χ1n) is 14.9. The number of halogens is 8. The Morgan fingerprint density at radius 2 is 1.65 bits per heavy atom. The van der Waals surface area contributed by atoms with E-state index in [2.05, 4.69) is 20.0 Å². The summed E-state index contributed by atoms with van der Waals surface area (Å²) in [5, 5.41) is 41.1. The molecule has 0 bridgehead atoms. The van der Waals surface area contributed by atoms with Crippen molar-refractivity contribution >= 4 is 17.2 Å². The highest BCUT2D eigenvalue weighted by atomic mass is 32.1. The zero-order valence-corrected chi connectivity index (χ0v) is 26.8. The maximum absolute atomic E-state index is 13.7. The molecule has 1 amide bonds. The third-order valence-corrected chi connectivity index (χ3v) is 9.17. The van der Waals surface area contributed by atoms with E-state index in [-0.39, 0.29) is 51.7 Å². The molecule has 1 saturated carbocycles. The van der Waals surface area contributed by atoms with Gasteiger partial charge < -0.3 is 44.7 Å². The molecule has 2 fully saturated rings. The summed E-state index contributed by atoms with van der Waals surface area (Å²) >= 11 is -0.0653. The molecular formula is C30H29F8N3O9S. The predicted octanol–water partition coefficient (Wildman–Crippen LogP) is 3.30. The number of likely N-dealkylation sites (N-methyl/N-ethyl adjacent to an activating group) is 1. The van der Waals surface area contributed by atoms with E-state index in [1.165, 1.54) is 37.5 Å². The molecule has 0 radical (unpaired) electrons. The van der Waals surface area contributed by atoms with E-state index < -0.39 is 72.1 Å². The smallest absolute Gasteiger partial charge is 0.433 e. The van der Waals surface area contributed by atoms with Crippen LogP contribution in [-0.4, -0.2) is 99.1 Å². The van der Waals surface area contributed by atoms with Crippen LogP contribution in [0.15, 0.2) is 42.7 Å². The van der Waals surface area contributed by atoms with E-state index in [1.807, 2.05) is 0 Å². The molecule has 3 heterocycles. The maximum Gasteiger partial charge on any atom is 0.433 e. The Morgan fingerprint density at radius 3 is 2.22 bits per heavy atom. The van der Waals surface area contributed by atoms with Crippen LogP contribution < -0.4 is 19.5 Å². The lowest BCUT2D eigenvalue weighted by molar-refractivity contribution is -0.376. The van der Waals surface area contributed by atoms with Crippen molar-refractivity contribution in [1.82, 2.24) is 15.3 Å². The molecule has 2 aliphatic rings. The second-order valence-electron chi connectivity index (χ2n) is 11.6. The molecule has 51 heavy (non-hydrogen) atoms. The van der Waals surface area contributed by atoms with Crippen molar-refractivity contribution in [3.05, 3.63) is 63.7 Å². The molecule has 2 aromatic heterocycles. The standard InChI is InChI=1S/C30H29F8N3O9S/c1-39-24(45)23-21(43)20(42)22(44)25(50-23)49-19-7-2-12(10-40-19)8-15(13-3-6-16(48-27(31)32)17(9-13)47-14-4-5-14)18-11-41-26(51-18)28(46,29(33,34)35)30(36,37)38/h2-3,6-7,9-11,14-15,20-23,25,27,42-44,46H,4-5,8H2,1H3,(H,39,45)/t15?,20-,21-,22+,23-,25+/m0/s1. The molecule has 12 nitrogen and oxygen atoms in total. The second kappa shape index (κ2) is 14.6. The Hall–Kier alpha value is -3.89. The number of amides is 1. The minimum absolute atomic E-state index is 0.0653. The highest BCUT2D eigenvalue weighted by Gasteiger charge is 2.73. The van der Waals surface area contributed by atoms with Gasteiger partial charge in [-0.3, -0.25) is 4.79 Å². The number of aliphatic hydroxyl groups excluding tert-OH is 3. The Balaban J connectivity index is 1.47. The number of carbonyl (C=O) groups is 1. The van der Waals surface area contributed by atoms with Crippen LogP contribution in [0.2, 0.25) is 0 Å². The van der Waals surface area contributed by atoms with Crippen molar-refractivity contribution in [2.75, 3.05) is 7.05 Å². The number of carbonyl (C=O) groups excluding carboxylic acids is 1. The Labute approximate surface area is 286 Å². The highest BCUT2D eigenvalue weighted by Crippen LogP contribution is 2.52. The van der Waals surface area contributed by atoms with Gasteiger partial charge in [0.25, 0.3) is 5.91 Å². The average Bonchev–Trinajstić information content (AvgIpc) is 3.75. The first-order valence-corrected chi connectivity index (χ1v) is 15.8. The van der Waals surface area contributed by atoms with Crippen molar-refractivity contribution in [2.24, 2.45) is 0 Å². The van der Waals surface area contributed by atoms with Gasteiger partial charge in [0.05, 0.1) is 6.10 Å². The van der Waals surface area contributed by atoms with Crippen LogP contribution >= 0.6 is 11.3 Å². The number of rotatable bonds is 12. The van der Waals surface area contributed by atoms with Crippen molar-refractivity contribution < 1.29 is 79.3 Å². The van der Waals surface area contributed by atoms with Gasteiger partial charge in [-0.25, -0.2) is 9.97 Å². The highest BCUT2D eigenvalue weighted by molar-refractivity contribution is 7.11.